The van der Waals surface area contributed by atoms with Crippen LogP contribution in [0.4, 0.5) is 34.1 Å². The van der Waals surface area contributed by atoms with E-state index in [1.165, 1.54) is 38.5 Å². The number of unbranched alkanes of at least 4 members (excludes halogenated alkanes) is 1. The molecular weight excluding hydrogens is 789 g/mol. The predicted molar refractivity (Wildman–Crippen MR) is 233 cm³/mol. The molecular formula is C42H60N9O8P. The standard InChI is InChI=1S/C42H60N9O8P/c1-8-49(25-11-14-42(53)44-24-10-9-13-33(29-52)30-59-60(58-26-12-23-43)50(31(2)3)32(4)5)36-19-15-34(16-20-36)45-47-38-27-41(57-7)39(28-40(38)56-6)48-46-35-17-21-37(22-18-35)51(54)55/h15-22,27-28,31-33,52H,8-14,24-26,29-30H2,1-7H3,(H,44,53)/i52D. The summed E-state index contributed by atoms with van der Waals surface area (Å²) in [5, 5.41) is 44.9. The number of aliphatic hydroxyl groups is 1. The fourth-order valence-electron chi connectivity index (χ4n) is 6.09. The Labute approximate surface area is 356 Å². The number of carbonyl (C=O) groups is 1. The van der Waals surface area contributed by atoms with Gasteiger partial charge in [0.15, 0.2) is 0 Å². The molecule has 0 radical (unpaired) electrons. The smallest absolute Gasteiger partial charge is 0.269 e. The molecule has 60 heavy (non-hydrogen) atoms. The summed E-state index contributed by atoms with van der Waals surface area (Å²) in [5.41, 5.74) is 2.82. The fourth-order valence-corrected chi connectivity index (χ4v) is 7.77. The van der Waals surface area contributed by atoms with E-state index in [1.54, 1.807) is 12.1 Å². The number of azo groups is 2. The minimum atomic E-state index is -1.36. The number of methoxy groups -OCH3 is 2. The molecule has 2 unspecified atom stereocenters. The van der Waals surface area contributed by atoms with Crippen molar-refractivity contribution in [3.63, 3.8) is 0 Å². The Morgan fingerprint density at radius 3 is 2.05 bits per heavy atom. The van der Waals surface area contributed by atoms with E-state index in [9.17, 15) is 14.9 Å². The van der Waals surface area contributed by atoms with E-state index in [2.05, 4.69) is 76.0 Å². The number of rotatable bonds is 29. The van der Waals surface area contributed by atoms with E-state index in [0.717, 1.165) is 31.5 Å². The van der Waals surface area contributed by atoms with Crippen LogP contribution in [0.25, 0.3) is 0 Å². The summed E-state index contributed by atoms with van der Waals surface area (Å²) >= 11 is 0. The molecule has 0 saturated carbocycles. The molecule has 0 aromatic heterocycles. The number of aliphatic hydroxyl groups excluding tert-OH is 1. The Bertz CT molecular complexity index is 1870. The number of nitriles is 1. The first-order chi connectivity index (χ1) is 29.4. The number of non-ortho nitro benzene ring substituents is 1. The molecule has 17 nitrogen and oxygen atoms in total. The maximum atomic E-state index is 12.7. The Hall–Kier alpha value is -5.11. The van der Waals surface area contributed by atoms with Crippen molar-refractivity contribution in [1.82, 2.24) is 9.99 Å². The number of benzene rings is 3. The quantitative estimate of drug-likeness (QED) is 0.0221. The minimum absolute atomic E-state index is 0.00486. The molecule has 1 amide bonds. The van der Waals surface area contributed by atoms with Gasteiger partial charge in [-0.1, -0.05) is 6.42 Å². The maximum absolute atomic E-state index is 12.7. The predicted octanol–water partition coefficient (Wildman–Crippen LogP) is 10.2. The molecule has 326 valence electrons. The van der Waals surface area contributed by atoms with Crippen LogP contribution in [-0.4, -0.2) is 87.8 Å². The zero-order valence-corrected chi connectivity index (χ0v) is 36.7. The lowest BCUT2D eigenvalue weighted by molar-refractivity contribution is -0.384. The van der Waals surface area contributed by atoms with Crippen molar-refractivity contribution in [1.29, 1.82) is 6.69 Å². The lowest BCUT2D eigenvalue weighted by atomic mass is 10.0. The molecule has 0 heterocycles. The van der Waals surface area contributed by atoms with E-state index >= 15 is 0 Å². The molecule has 3 aromatic rings. The normalized spacial score (nSPS) is 12.8. The van der Waals surface area contributed by atoms with Crippen LogP contribution < -0.4 is 19.7 Å². The Balaban J connectivity index is 1.46. The highest BCUT2D eigenvalue weighted by Crippen LogP contribution is 2.46. The van der Waals surface area contributed by atoms with Gasteiger partial charge in [0.05, 0.1) is 56.2 Å². The van der Waals surface area contributed by atoms with Gasteiger partial charge in [-0.15, -0.1) is 10.2 Å². The van der Waals surface area contributed by atoms with E-state index < -0.39 is 13.4 Å². The molecule has 0 fully saturated rings. The van der Waals surface area contributed by atoms with Crippen LogP contribution in [0, 0.1) is 27.4 Å². The summed E-state index contributed by atoms with van der Waals surface area (Å²) < 4.78 is 32.8. The number of nitrogens with zero attached hydrogens (tertiary/aromatic N) is 8. The van der Waals surface area contributed by atoms with E-state index in [-0.39, 0.29) is 36.2 Å². The number of anilines is 1. The Kier molecular flexibility index (Phi) is 21.3. The largest absolute Gasteiger partial charge is 0.494 e. The summed E-state index contributed by atoms with van der Waals surface area (Å²) in [7, 11) is 1.64. The van der Waals surface area contributed by atoms with Crippen molar-refractivity contribution in [2.75, 3.05) is 58.6 Å². The summed E-state index contributed by atoms with van der Waals surface area (Å²) in [6.45, 7) is 13.4. The molecule has 18 heteroatoms. The number of hydrogen-bond donors (Lipinski definition) is 2. The molecule has 0 aliphatic heterocycles. The first kappa shape index (κ1) is 47.6. The second-order valence-corrected chi connectivity index (χ2v) is 15.7. The Morgan fingerprint density at radius 2 is 1.53 bits per heavy atom. The highest BCUT2D eigenvalue weighted by atomic mass is 31.2. The van der Waals surface area contributed by atoms with Crippen LogP contribution in [0.2, 0.25) is 0 Å². The summed E-state index contributed by atoms with van der Waals surface area (Å²) in [5.74, 6) is 0.799. The zero-order chi connectivity index (χ0) is 44.6. The number of nitro benzene ring substituents is 1. The first-order valence-electron chi connectivity index (χ1n) is 20.6. The van der Waals surface area contributed by atoms with Gasteiger partial charge in [0, 0.05) is 80.6 Å². The number of hydrogen-bond acceptors (Lipinski definition) is 15. The van der Waals surface area contributed by atoms with Crippen molar-refractivity contribution in [2.24, 2.45) is 26.4 Å². The van der Waals surface area contributed by atoms with Gasteiger partial charge in [0.25, 0.3) is 14.2 Å². The molecule has 3 rings (SSSR count). The molecule has 2 N–H and O–H groups in total. The van der Waals surface area contributed by atoms with Crippen LogP contribution in [0.1, 0.15) is 73.1 Å². The van der Waals surface area contributed by atoms with Gasteiger partial charge >= 0.3 is 0 Å². The van der Waals surface area contributed by atoms with E-state index in [1.807, 2.05) is 24.3 Å². The number of carbonyl (C=O) groups excluding carboxylic acids is 1. The molecule has 0 saturated heterocycles. The lowest BCUT2D eigenvalue weighted by Gasteiger charge is -2.36. The molecule has 0 aliphatic carbocycles. The fraction of sp³-hybridized carbons (Fsp3) is 0.524. The Morgan fingerprint density at radius 1 is 0.933 bits per heavy atom. The van der Waals surface area contributed by atoms with E-state index in [4.69, 9.17) is 30.3 Å². The van der Waals surface area contributed by atoms with Gasteiger partial charge in [0.1, 0.15) is 22.9 Å². The lowest BCUT2D eigenvalue weighted by Crippen LogP contribution is -2.34. The number of ether oxygens (including phenoxy) is 2. The van der Waals surface area contributed by atoms with Gasteiger partial charge in [-0.3, -0.25) is 14.9 Å². The first-order valence-corrected chi connectivity index (χ1v) is 21.3. The second kappa shape index (κ2) is 26.9. The summed E-state index contributed by atoms with van der Waals surface area (Å²) in [4.78, 5) is 25.3. The average Bonchev–Trinajstić information content (AvgIpc) is 3.25. The average molecular weight is 851 g/mol. The van der Waals surface area contributed by atoms with E-state index in [0.29, 0.717) is 79.8 Å². The molecule has 0 aliphatic rings. The summed E-state index contributed by atoms with van der Waals surface area (Å²) in [6, 6.07) is 19.2. The van der Waals surface area contributed by atoms with Crippen molar-refractivity contribution >= 4 is 48.6 Å². The van der Waals surface area contributed by atoms with Crippen LogP contribution in [0.5, 0.6) is 11.5 Å². The topological polar surface area (TPSA) is 209 Å². The third-order valence-corrected chi connectivity index (χ3v) is 11.3. The van der Waals surface area contributed by atoms with Crippen molar-refractivity contribution < 1.29 is 33.3 Å². The molecule has 2 atom stereocenters. The minimum Gasteiger partial charge on any atom is -0.494 e. The van der Waals surface area contributed by atoms with Crippen molar-refractivity contribution in [2.45, 2.75) is 85.2 Å². The number of amides is 1. The monoisotopic (exact) mass is 850 g/mol. The number of nitrogens with one attached hydrogen (secondary N) is 1. The van der Waals surface area contributed by atoms with Gasteiger partial charge in [-0.2, -0.15) is 15.5 Å². The SMILES string of the molecule is [2H]OCC(CCCCNC(=O)CCCN(CC)c1ccc(N=Nc2cc(OC)c(N=Nc3ccc([N+](=O)[O-])cc3)cc2OC)cc1)COP(OCCC#N)N(C(C)C)C(C)C. The van der Waals surface area contributed by atoms with Gasteiger partial charge in [0.2, 0.25) is 7.34 Å². The maximum Gasteiger partial charge on any atom is 0.269 e. The zero-order valence-electron chi connectivity index (χ0n) is 36.8. The molecule has 3 aromatic carbocycles. The van der Waals surface area contributed by atoms with Gasteiger partial charge < -0.3 is 33.8 Å². The highest BCUT2D eigenvalue weighted by molar-refractivity contribution is 7.44. The van der Waals surface area contributed by atoms with Crippen LogP contribution in [-0.2, 0) is 13.8 Å². The van der Waals surface area contributed by atoms with Crippen LogP contribution >= 0.6 is 8.53 Å². The van der Waals surface area contributed by atoms with Crippen LogP contribution in [0.15, 0.2) is 81.1 Å². The third-order valence-electron chi connectivity index (χ3n) is 9.20. The molecule has 0 spiro atoms. The summed E-state index contributed by atoms with van der Waals surface area (Å²) in [6.07, 6.45) is 3.81. The number of nitro groups is 1. The second-order valence-electron chi connectivity index (χ2n) is 14.3. The molecule has 0 bridgehead atoms. The van der Waals surface area contributed by atoms with Gasteiger partial charge in [-0.25, -0.2) is 4.67 Å². The third kappa shape index (κ3) is 16.5. The van der Waals surface area contributed by atoms with Crippen molar-refractivity contribution in [3.8, 4) is 17.6 Å². The van der Waals surface area contributed by atoms with Gasteiger partial charge in [-0.05, 0) is 90.3 Å². The van der Waals surface area contributed by atoms with Crippen LogP contribution in [0.3, 0.4) is 0 Å². The highest BCUT2D eigenvalue weighted by Gasteiger charge is 2.28. The van der Waals surface area contributed by atoms with Crippen molar-refractivity contribution in [3.05, 3.63) is 70.8 Å².